The molecule has 1 aromatic heterocycles. The molecule has 0 saturated carbocycles. The Bertz CT molecular complexity index is 470. The fourth-order valence-electron chi connectivity index (χ4n) is 2.29. The molecule has 1 aromatic rings. The van der Waals surface area contributed by atoms with Crippen molar-refractivity contribution in [2.45, 2.75) is 31.6 Å². The quantitative estimate of drug-likeness (QED) is 0.825. The number of hydrogen-bond donors (Lipinski definition) is 0. The van der Waals surface area contributed by atoms with E-state index in [1.54, 1.807) is 0 Å². The molecule has 0 spiro atoms. The first kappa shape index (κ1) is 12.6. The minimum atomic E-state index is -2.87. The maximum absolute atomic E-state index is 11.4. The molecule has 0 aliphatic carbocycles. The Morgan fingerprint density at radius 3 is 2.47 bits per heavy atom. The van der Waals surface area contributed by atoms with Crippen LogP contribution in [-0.2, 0) is 16.4 Å². The summed E-state index contributed by atoms with van der Waals surface area (Å²) < 4.78 is 28.4. The first-order valence-electron chi connectivity index (χ1n) is 5.91. The van der Waals surface area contributed by atoms with Crippen molar-refractivity contribution < 1.29 is 12.8 Å². The molecule has 4 nitrogen and oxygen atoms in total. The maximum Gasteiger partial charge on any atom is 0.150 e. The zero-order valence-corrected chi connectivity index (χ0v) is 11.2. The number of rotatable bonds is 3. The fourth-order valence-corrected chi connectivity index (χ4v) is 3.35. The van der Waals surface area contributed by atoms with Crippen LogP contribution in [0.25, 0.3) is 0 Å². The summed E-state index contributed by atoms with van der Waals surface area (Å²) in [5.41, 5.74) is 0. The van der Waals surface area contributed by atoms with Gasteiger partial charge in [-0.05, 0) is 45.0 Å². The number of nitrogens with zero attached hydrogens (tertiary/aromatic N) is 1. The zero-order valence-electron chi connectivity index (χ0n) is 10.3. The SMILES string of the molecule is Cc1ccc(CN2CCC(S(C)(=O)=O)CC2)o1. The normalized spacial score (nSPS) is 19.6. The maximum atomic E-state index is 11.4. The molecule has 1 aliphatic rings. The zero-order chi connectivity index (χ0) is 12.5. The minimum Gasteiger partial charge on any atom is -0.465 e. The first-order chi connectivity index (χ1) is 7.95. The van der Waals surface area contributed by atoms with E-state index in [9.17, 15) is 8.42 Å². The van der Waals surface area contributed by atoms with Gasteiger partial charge in [0.25, 0.3) is 0 Å². The van der Waals surface area contributed by atoms with Gasteiger partial charge in [-0.1, -0.05) is 0 Å². The minimum absolute atomic E-state index is 0.155. The lowest BCUT2D eigenvalue weighted by Crippen LogP contribution is -2.38. The Morgan fingerprint density at radius 1 is 1.35 bits per heavy atom. The average Bonchev–Trinajstić information content (AvgIpc) is 2.63. The summed E-state index contributed by atoms with van der Waals surface area (Å²) in [5.74, 6) is 1.88. The molecule has 0 atom stereocenters. The van der Waals surface area contributed by atoms with E-state index in [0.29, 0.717) is 0 Å². The Morgan fingerprint density at radius 2 is 2.00 bits per heavy atom. The van der Waals surface area contributed by atoms with Gasteiger partial charge < -0.3 is 4.42 Å². The van der Waals surface area contributed by atoms with Crippen molar-refractivity contribution >= 4 is 9.84 Å². The van der Waals surface area contributed by atoms with Gasteiger partial charge in [0, 0.05) is 6.26 Å². The van der Waals surface area contributed by atoms with Gasteiger partial charge in [0.15, 0.2) is 0 Å². The highest BCUT2D eigenvalue weighted by Crippen LogP contribution is 2.19. The van der Waals surface area contributed by atoms with Crippen molar-refractivity contribution in [1.29, 1.82) is 0 Å². The molecule has 0 amide bonds. The van der Waals surface area contributed by atoms with E-state index in [0.717, 1.165) is 44.0 Å². The molecule has 2 rings (SSSR count). The Kier molecular flexibility index (Phi) is 3.58. The molecule has 0 bridgehead atoms. The summed E-state index contributed by atoms with van der Waals surface area (Å²) in [5, 5.41) is -0.155. The Hall–Kier alpha value is -0.810. The fraction of sp³-hybridized carbons (Fsp3) is 0.667. The summed E-state index contributed by atoms with van der Waals surface area (Å²) >= 11 is 0. The summed E-state index contributed by atoms with van der Waals surface area (Å²) in [4.78, 5) is 2.25. The van der Waals surface area contributed by atoms with Crippen molar-refractivity contribution in [3.8, 4) is 0 Å². The van der Waals surface area contributed by atoms with Crippen molar-refractivity contribution in [3.05, 3.63) is 23.7 Å². The number of piperidine rings is 1. The van der Waals surface area contributed by atoms with Crippen molar-refractivity contribution in [1.82, 2.24) is 4.90 Å². The number of sulfone groups is 1. The molecule has 0 unspecified atom stereocenters. The van der Waals surface area contributed by atoms with Crippen molar-refractivity contribution in [2.24, 2.45) is 0 Å². The second kappa shape index (κ2) is 4.82. The smallest absolute Gasteiger partial charge is 0.150 e. The summed E-state index contributed by atoms with van der Waals surface area (Å²) in [7, 11) is -2.87. The van der Waals surface area contributed by atoms with Crippen molar-refractivity contribution in [3.63, 3.8) is 0 Å². The van der Waals surface area contributed by atoms with Gasteiger partial charge in [0.05, 0.1) is 11.8 Å². The van der Waals surface area contributed by atoms with Crippen LogP contribution in [-0.4, -0.2) is 37.9 Å². The van der Waals surface area contributed by atoms with Crippen LogP contribution in [0.1, 0.15) is 24.4 Å². The van der Waals surface area contributed by atoms with E-state index in [-0.39, 0.29) is 5.25 Å². The molecule has 17 heavy (non-hydrogen) atoms. The average molecular weight is 257 g/mol. The molecule has 1 fully saturated rings. The van der Waals surface area contributed by atoms with Crippen LogP contribution in [0.2, 0.25) is 0 Å². The number of aryl methyl sites for hydroxylation is 1. The van der Waals surface area contributed by atoms with Gasteiger partial charge >= 0.3 is 0 Å². The molecular formula is C12H19NO3S. The summed E-state index contributed by atoms with van der Waals surface area (Å²) in [6, 6.07) is 3.94. The van der Waals surface area contributed by atoms with Gasteiger partial charge in [-0.3, -0.25) is 4.90 Å². The predicted octanol–water partition coefficient (Wildman–Crippen LogP) is 1.60. The lowest BCUT2D eigenvalue weighted by Gasteiger charge is -2.30. The predicted molar refractivity (Wildman–Crippen MR) is 66.6 cm³/mol. The third-order valence-electron chi connectivity index (χ3n) is 3.32. The monoisotopic (exact) mass is 257 g/mol. The Balaban J connectivity index is 1.87. The largest absolute Gasteiger partial charge is 0.465 e. The van der Waals surface area contributed by atoms with E-state index in [4.69, 9.17) is 4.42 Å². The summed E-state index contributed by atoms with van der Waals surface area (Å²) in [6.07, 6.45) is 2.81. The van der Waals surface area contributed by atoms with Gasteiger partial charge in [0.2, 0.25) is 0 Å². The van der Waals surface area contributed by atoms with Gasteiger partial charge in [-0.2, -0.15) is 0 Å². The third kappa shape index (κ3) is 3.33. The van der Waals surface area contributed by atoms with E-state index in [1.165, 1.54) is 6.26 Å². The highest BCUT2D eigenvalue weighted by atomic mass is 32.2. The molecule has 5 heteroatoms. The van der Waals surface area contributed by atoms with E-state index in [1.807, 2.05) is 19.1 Å². The number of hydrogen-bond acceptors (Lipinski definition) is 4. The molecule has 1 saturated heterocycles. The standard InChI is InChI=1S/C12H19NO3S/c1-10-3-4-11(16-10)9-13-7-5-12(6-8-13)17(2,14)15/h3-4,12H,5-9H2,1-2H3. The van der Waals surface area contributed by atoms with E-state index >= 15 is 0 Å². The summed E-state index contributed by atoms with van der Waals surface area (Å²) in [6.45, 7) is 4.37. The van der Waals surface area contributed by atoms with Crippen LogP contribution in [0.4, 0.5) is 0 Å². The van der Waals surface area contributed by atoms with Crippen LogP contribution in [0.5, 0.6) is 0 Å². The molecule has 96 valence electrons. The van der Waals surface area contributed by atoms with Gasteiger partial charge in [0.1, 0.15) is 21.4 Å². The number of likely N-dealkylation sites (tertiary alicyclic amines) is 1. The second-order valence-corrected chi connectivity index (χ2v) is 7.14. The molecule has 0 N–H and O–H groups in total. The second-order valence-electron chi connectivity index (χ2n) is 4.82. The van der Waals surface area contributed by atoms with Gasteiger partial charge in [-0.15, -0.1) is 0 Å². The molecule has 1 aliphatic heterocycles. The van der Waals surface area contributed by atoms with Crippen LogP contribution >= 0.6 is 0 Å². The van der Waals surface area contributed by atoms with E-state index < -0.39 is 9.84 Å². The van der Waals surface area contributed by atoms with Crippen molar-refractivity contribution in [2.75, 3.05) is 19.3 Å². The molecule has 0 aromatic carbocycles. The van der Waals surface area contributed by atoms with Gasteiger partial charge in [-0.25, -0.2) is 8.42 Å². The van der Waals surface area contributed by atoms with Crippen LogP contribution in [0, 0.1) is 6.92 Å². The molecule has 0 radical (unpaired) electrons. The third-order valence-corrected chi connectivity index (χ3v) is 5.00. The van der Waals surface area contributed by atoms with Crippen LogP contribution < -0.4 is 0 Å². The topological polar surface area (TPSA) is 50.5 Å². The molecular weight excluding hydrogens is 238 g/mol. The van der Waals surface area contributed by atoms with Crippen LogP contribution in [0.15, 0.2) is 16.5 Å². The highest BCUT2D eigenvalue weighted by molar-refractivity contribution is 7.91. The number of furan rings is 1. The lowest BCUT2D eigenvalue weighted by atomic mass is 10.1. The van der Waals surface area contributed by atoms with Crippen LogP contribution in [0.3, 0.4) is 0 Å². The molecule has 2 heterocycles. The highest BCUT2D eigenvalue weighted by Gasteiger charge is 2.26. The lowest BCUT2D eigenvalue weighted by molar-refractivity contribution is 0.205. The first-order valence-corrected chi connectivity index (χ1v) is 7.87. The Labute approximate surface area is 103 Å². The van der Waals surface area contributed by atoms with E-state index in [2.05, 4.69) is 4.90 Å².